The minimum Gasteiger partial charge on any atom is -0.390 e. The highest BCUT2D eigenvalue weighted by atomic mass is 35.5. The maximum atomic E-state index is 13.3. The Labute approximate surface area is 175 Å². The summed E-state index contributed by atoms with van der Waals surface area (Å²) >= 11 is 6.00. The van der Waals surface area contributed by atoms with Gasteiger partial charge in [-0.15, -0.1) is 0 Å². The summed E-state index contributed by atoms with van der Waals surface area (Å²) in [5, 5.41) is 21.2. The van der Waals surface area contributed by atoms with Crippen LogP contribution in [-0.2, 0) is 9.84 Å². The molecule has 30 heavy (non-hydrogen) atoms. The summed E-state index contributed by atoms with van der Waals surface area (Å²) in [4.78, 5) is 12.1. The third kappa shape index (κ3) is 4.77. The lowest BCUT2D eigenvalue weighted by atomic mass is 10.1. The van der Waals surface area contributed by atoms with Crippen LogP contribution in [0.3, 0.4) is 0 Å². The second kappa shape index (κ2) is 8.54. The lowest BCUT2D eigenvalue weighted by Gasteiger charge is -2.13. The lowest BCUT2D eigenvalue weighted by Crippen LogP contribution is -2.17. The number of amides is 1. The number of hydrogen-bond donors (Lipinski definition) is 3. The first-order valence-electron chi connectivity index (χ1n) is 8.82. The second-order valence-electron chi connectivity index (χ2n) is 7.11. The van der Waals surface area contributed by atoms with Gasteiger partial charge < -0.3 is 15.5 Å². The minimum atomic E-state index is -3.97. The first-order valence-corrected chi connectivity index (χ1v) is 10.9. The van der Waals surface area contributed by atoms with E-state index in [2.05, 4.69) is 5.32 Å². The van der Waals surface area contributed by atoms with Gasteiger partial charge in [-0.2, -0.15) is 0 Å². The summed E-state index contributed by atoms with van der Waals surface area (Å²) in [5.74, 6) is -6.44. The van der Waals surface area contributed by atoms with Gasteiger partial charge in [0.2, 0.25) is 0 Å². The molecule has 1 aliphatic carbocycles. The number of benzene rings is 2. The van der Waals surface area contributed by atoms with E-state index in [0.29, 0.717) is 12.1 Å². The molecule has 3 N–H and O–H groups in total. The average Bonchev–Trinajstić information content (AvgIpc) is 2.96. The van der Waals surface area contributed by atoms with Gasteiger partial charge in [0, 0.05) is 23.4 Å². The largest absolute Gasteiger partial charge is 0.390 e. The van der Waals surface area contributed by atoms with Crippen molar-refractivity contribution in [2.45, 2.75) is 29.9 Å². The Morgan fingerprint density at radius 1 is 1.07 bits per heavy atom. The van der Waals surface area contributed by atoms with Gasteiger partial charge in [-0.1, -0.05) is 11.6 Å². The fourth-order valence-electron chi connectivity index (χ4n) is 3.34. The molecule has 1 saturated carbocycles. The number of carbonyl (C=O) groups is 1. The minimum absolute atomic E-state index is 0.111. The van der Waals surface area contributed by atoms with E-state index in [4.69, 9.17) is 11.6 Å². The van der Waals surface area contributed by atoms with Crippen molar-refractivity contribution >= 4 is 33.0 Å². The highest BCUT2D eigenvalue weighted by Gasteiger charge is 2.35. The van der Waals surface area contributed by atoms with Crippen molar-refractivity contribution in [3.8, 4) is 0 Å². The SMILES string of the molecule is O=C(Nc1cc(F)c(F)c(F)c1)c1ccc(Cl)c(S(=O)(=O)C[C@@H]2C[C@@H](O)[C@@H](O)C2)c1. The maximum Gasteiger partial charge on any atom is 0.255 e. The third-order valence-corrected chi connectivity index (χ3v) is 7.18. The van der Waals surface area contributed by atoms with Crippen LogP contribution in [0.4, 0.5) is 18.9 Å². The van der Waals surface area contributed by atoms with Crippen LogP contribution in [0, 0.1) is 23.4 Å². The van der Waals surface area contributed by atoms with E-state index in [9.17, 15) is 36.6 Å². The molecule has 1 aliphatic rings. The molecule has 2 aromatic rings. The molecule has 2 aromatic carbocycles. The van der Waals surface area contributed by atoms with Crippen LogP contribution in [0.5, 0.6) is 0 Å². The molecule has 3 rings (SSSR count). The van der Waals surface area contributed by atoms with Crippen LogP contribution < -0.4 is 5.32 Å². The summed E-state index contributed by atoms with van der Waals surface area (Å²) in [6, 6.07) is 4.59. The van der Waals surface area contributed by atoms with Crippen molar-refractivity contribution in [1.29, 1.82) is 0 Å². The number of anilines is 1. The summed E-state index contributed by atoms with van der Waals surface area (Å²) in [6.45, 7) is 0. The van der Waals surface area contributed by atoms with E-state index in [1.54, 1.807) is 0 Å². The summed E-state index contributed by atoms with van der Waals surface area (Å²) < 4.78 is 65.2. The molecule has 1 amide bonds. The number of aliphatic hydroxyl groups is 2. The number of sulfone groups is 1. The van der Waals surface area contributed by atoms with Crippen LogP contribution in [0.25, 0.3) is 0 Å². The van der Waals surface area contributed by atoms with Crippen LogP contribution in [0.2, 0.25) is 5.02 Å². The van der Waals surface area contributed by atoms with Crippen LogP contribution in [0.1, 0.15) is 23.2 Å². The Bertz CT molecular complexity index is 1060. The molecular formula is C19H17ClF3NO5S. The molecule has 0 radical (unpaired) electrons. The molecule has 0 saturated heterocycles. The fraction of sp³-hybridized carbons (Fsp3) is 0.316. The van der Waals surface area contributed by atoms with Crippen molar-refractivity contribution in [3.63, 3.8) is 0 Å². The molecule has 0 aromatic heterocycles. The predicted octanol–water partition coefficient (Wildman–Crippen LogP) is 2.92. The zero-order valence-electron chi connectivity index (χ0n) is 15.3. The number of hydrogen-bond acceptors (Lipinski definition) is 5. The second-order valence-corrected chi connectivity index (χ2v) is 9.52. The fourth-order valence-corrected chi connectivity index (χ4v) is 5.56. The van der Waals surface area contributed by atoms with Crippen molar-refractivity contribution in [2.24, 2.45) is 5.92 Å². The monoisotopic (exact) mass is 463 g/mol. The Morgan fingerprint density at radius 3 is 2.20 bits per heavy atom. The molecular weight excluding hydrogens is 447 g/mol. The molecule has 162 valence electrons. The molecule has 0 unspecified atom stereocenters. The van der Waals surface area contributed by atoms with Gasteiger partial charge in [0.15, 0.2) is 27.3 Å². The van der Waals surface area contributed by atoms with Gasteiger partial charge in [-0.3, -0.25) is 4.79 Å². The average molecular weight is 464 g/mol. The molecule has 11 heteroatoms. The highest BCUT2D eigenvalue weighted by Crippen LogP contribution is 2.32. The first kappa shape index (κ1) is 22.5. The van der Waals surface area contributed by atoms with Gasteiger partial charge in [-0.25, -0.2) is 21.6 Å². The molecule has 6 nitrogen and oxygen atoms in total. The number of nitrogens with one attached hydrogen (secondary N) is 1. The van der Waals surface area contributed by atoms with Crippen LogP contribution >= 0.6 is 11.6 Å². The van der Waals surface area contributed by atoms with Crippen molar-refractivity contribution in [2.75, 3.05) is 11.1 Å². The Hall–Kier alpha value is -2.14. The van der Waals surface area contributed by atoms with E-state index < -0.39 is 51.3 Å². The topological polar surface area (TPSA) is 104 Å². The zero-order chi connectivity index (χ0) is 22.2. The molecule has 1 fully saturated rings. The Balaban J connectivity index is 1.83. The summed E-state index contributed by atoms with van der Waals surface area (Å²) in [7, 11) is -3.97. The van der Waals surface area contributed by atoms with E-state index >= 15 is 0 Å². The third-order valence-electron chi connectivity index (χ3n) is 4.82. The lowest BCUT2D eigenvalue weighted by molar-refractivity contribution is 0.0438. The smallest absolute Gasteiger partial charge is 0.255 e. The summed E-state index contributed by atoms with van der Waals surface area (Å²) in [6.07, 6.45) is -1.79. The number of carbonyl (C=O) groups excluding carboxylic acids is 1. The Morgan fingerprint density at radius 2 is 1.63 bits per heavy atom. The van der Waals surface area contributed by atoms with Crippen LogP contribution in [-0.4, -0.2) is 42.5 Å². The van der Waals surface area contributed by atoms with Gasteiger partial charge in [0.25, 0.3) is 5.91 Å². The summed E-state index contributed by atoms with van der Waals surface area (Å²) in [5.41, 5.74) is -0.515. The van der Waals surface area contributed by atoms with Gasteiger partial charge in [0.1, 0.15) is 0 Å². The molecule has 0 aliphatic heterocycles. The van der Waals surface area contributed by atoms with Gasteiger partial charge in [0.05, 0.1) is 27.9 Å². The molecule has 0 spiro atoms. The first-order chi connectivity index (χ1) is 14.0. The van der Waals surface area contributed by atoms with E-state index in [0.717, 1.165) is 6.07 Å². The standard InChI is InChI=1S/C19H17ClF3NO5S/c20-12-2-1-10(19(27)24-11-6-13(21)18(23)14(22)7-11)5-17(12)30(28,29)8-9-3-15(25)16(26)4-9/h1-2,5-7,9,15-16,25-26H,3-4,8H2,(H,24,27)/t9-,15-,16+. The van der Waals surface area contributed by atoms with E-state index in [-0.39, 0.29) is 39.8 Å². The number of aliphatic hydroxyl groups excluding tert-OH is 2. The quantitative estimate of drug-likeness (QED) is 0.591. The van der Waals surface area contributed by atoms with Crippen LogP contribution in [0.15, 0.2) is 35.2 Å². The molecule has 0 heterocycles. The van der Waals surface area contributed by atoms with E-state index in [1.807, 2.05) is 0 Å². The van der Waals surface area contributed by atoms with Crippen molar-refractivity contribution in [3.05, 3.63) is 58.4 Å². The predicted molar refractivity (Wildman–Crippen MR) is 103 cm³/mol. The number of rotatable bonds is 5. The van der Waals surface area contributed by atoms with E-state index in [1.165, 1.54) is 12.1 Å². The van der Waals surface area contributed by atoms with Crippen molar-refractivity contribution < 1.29 is 36.6 Å². The maximum absolute atomic E-state index is 13.3. The van der Waals surface area contributed by atoms with Gasteiger partial charge >= 0.3 is 0 Å². The number of halogens is 4. The van der Waals surface area contributed by atoms with Gasteiger partial charge in [-0.05, 0) is 37.0 Å². The Kier molecular flexibility index (Phi) is 6.42. The normalized spacial score (nSPS) is 21.6. The molecule has 0 bridgehead atoms. The highest BCUT2D eigenvalue weighted by molar-refractivity contribution is 7.91. The zero-order valence-corrected chi connectivity index (χ0v) is 16.9. The van der Waals surface area contributed by atoms with Crippen molar-refractivity contribution in [1.82, 2.24) is 0 Å². The molecule has 3 atom stereocenters.